The second-order valence-electron chi connectivity index (χ2n) is 6.16. The number of methoxy groups -OCH3 is 1. The number of likely N-dealkylation sites (N-methyl/N-ethyl adjacent to an activating group) is 1. The molecular formula is C20H25BrN2O2. The largest absolute Gasteiger partial charge is 0.496 e. The zero-order valence-corrected chi connectivity index (χ0v) is 16.5. The van der Waals surface area contributed by atoms with Crippen molar-refractivity contribution in [3.05, 3.63) is 64.1 Å². The number of nitrogens with zero attached hydrogens (tertiary/aromatic N) is 1. The molecular weight excluding hydrogens is 380 g/mol. The van der Waals surface area contributed by atoms with Gasteiger partial charge in [-0.25, -0.2) is 0 Å². The molecule has 0 fully saturated rings. The van der Waals surface area contributed by atoms with Crippen molar-refractivity contribution in [1.82, 2.24) is 10.2 Å². The van der Waals surface area contributed by atoms with Crippen molar-refractivity contribution in [3.63, 3.8) is 0 Å². The number of ether oxygens (including phenoxy) is 1. The monoisotopic (exact) mass is 404 g/mol. The van der Waals surface area contributed by atoms with Crippen LogP contribution in [0, 0.1) is 0 Å². The molecule has 134 valence electrons. The SMILES string of the molecule is COc1ccc(CCC(=O)NCC(c2ccccc2)N(C)C)cc1Br. The Morgan fingerprint density at radius 3 is 2.52 bits per heavy atom. The standard InChI is InChI=1S/C20H25BrN2O2/c1-23(2)18(16-7-5-4-6-8-16)14-22-20(24)12-10-15-9-11-19(25-3)17(21)13-15/h4-9,11,13,18H,10,12,14H2,1-3H3,(H,22,24). The molecule has 0 radical (unpaired) electrons. The Kier molecular flexibility index (Phi) is 7.47. The highest BCUT2D eigenvalue weighted by Gasteiger charge is 2.15. The van der Waals surface area contributed by atoms with Gasteiger partial charge in [0.2, 0.25) is 5.91 Å². The highest BCUT2D eigenvalue weighted by atomic mass is 79.9. The van der Waals surface area contributed by atoms with Gasteiger partial charge in [0, 0.05) is 13.0 Å². The van der Waals surface area contributed by atoms with Crippen LogP contribution in [0.2, 0.25) is 0 Å². The number of nitrogens with one attached hydrogen (secondary N) is 1. The quantitative estimate of drug-likeness (QED) is 0.726. The molecule has 0 aromatic heterocycles. The minimum atomic E-state index is 0.0646. The lowest BCUT2D eigenvalue weighted by molar-refractivity contribution is -0.121. The van der Waals surface area contributed by atoms with Crippen molar-refractivity contribution in [2.75, 3.05) is 27.7 Å². The summed E-state index contributed by atoms with van der Waals surface area (Å²) in [7, 11) is 5.69. The molecule has 2 aromatic carbocycles. The lowest BCUT2D eigenvalue weighted by Gasteiger charge is -2.25. The maximum atomic E-state index is 12.2. The van der Waals surface area contributed by atoms with E-state index in [1.54, 1.807) is 7.11 Å². The minimum absolute atomic E-state index is 0.0646. The Balaban J connectivity index is 1.86. The third kappa shape index (κ3) is 5.87. The summed E-state index contributed by atoms with van der Waals surface area (Å²) in [6.07, 6.45) is 1.17. The Morgan fingerprint density at radius 2 is 1.92 bits per heavy atom. The second-order valence-corrected chi connectivity index (χ2v) is 7.02. The maximum absolute atomic E-state index is 12.2. The Hall–Kier alpha value is -1.85. The first-order valence-corrected chi connectivity index (χ1v) is 9.11. The Labute approximate surface area is 158 Å². The first kappa shape index (κ1) is 19.5. The average molecular weight is 405 g/mol. The van der Waals surface area contributed by atoms with Gasteiger partial charge in [0.05, 0.1) is 17.6 Å². The number of hydrogen-bond donors (Lipinski definition) is 1. The number of benzene rings is 2. The topological polar surface area (TPSA) is 41.6 Å². The molecule has 4 nitrogen and oxygen atoms in total. The van der Waals surface area contributed by atoms with E-state index in [2.05, 4.69) is 38.3 Å². The van der Waals surface area contributed by atoms with Crippen LogP contribution in [0.1, 0.15) is 23.6 Å². The van der Waals surface area contributed by atoms with Crippen LogP contribution in [0.3, 0.4) is 0 Å². The van der Waals surface area contributed by atoms with Crippen molar-refractivity contribution in [3.8, 4) is 5.75 Å². The fourth-order valence-corrected chi connectivity index (χ4v) is 3.28. The molecule has 0 saturated heterocycles. The molecule has 2 aromatic rings. The molecule has 0 aliphatic heterocycles. The van der Waals surface area contributed by atoms with Crippen LogP contribution in [0.15, 0.2) is 53.0 Å². The molecule has 1 N–H and O–H groups in total. The highest BCUT2D eigenvalue weighted by Crippen LogP contribution is 2.26. The van der Waals surface area contributed by atoms with E-state index in [0.29, 0.717) is 19.4 Å². The van der Waals surface area contributed by atoms with E-state index in [1.807, 2.05) is 50.5 Å². The van der Waals surface area contributed by atoms with Gasteiger partial charge < -0.3 is 15.0 Å². The molecule has 0 heterocycles. The third-order valence-electron chi connectivity index (χ3n) is 4.16. The van der Waals surface area contributed by atoms with E-state index in [9.17, 15) is 4.79 Å². The first-order chi connectivity index (χ1) is 12.0. The van der Waals surface area contributed by atoms with E-state index in [4.69, 9.17) is 4.74 Å². The van der Waals surface area contributed by atoms with Crippen molar-refractivity contribution in [2.45, 2.75) is 18.9 Å². The van der Waals surface area contributed by atoms with Crippen molar-refractivity contribution in [1.29, 1.82) is 0 Å². The molecule has 5 heteroatoms. The number of halogens is 1. The molecule has 1 atom stereocenters. The molecule has 1 amide bonds. The van der Waals surface area contributed by atoms with Crippen LogP contribution in [0.4, 0.5) is 0 Å². The summed E-state index contributed by atoms with van der Waals surface area (Å²) in [5, 5.41) is 3.05. The molecule has 0 aliphatic carbocycles. The van der Waals surface area contributed by atoms with Crippen molar-refractivity contribution in [2.24, 2.45) is 0 Å². The van der Waals surface area contributed by atoms with Crippen LogP contribution < -0.4 is 10.1 Å². The van der Waals surface area contributed by atoms with Crippen molar-refractivity contribution < 1.29 is 9.53 Å². The molecule has 0 spiro atoms. The van der Waals surface area contributed by atoms with Gasteiger partial charge in [-0.3, -0.25) is 4.79 Å². The number of aryl methyl sites for hydroxylation is 1. The predicted molar refractivity (Wildman–Crippen MR) is 105 cm³/mol. The van der Waals surface area contributed by atoms with Gasteiger partial charge in [-0.2, -0.15) is 0 Å². The van der Waals surface area contributed by atoms with Gasteiger partial charge in [0.15, 0.2) is 0 Å². The summed E-state index contributed by atoms with van der Waals surface area (Å²) in [5.74, 6) is 0.861. The molecule has 0 saturated carbocycles. The molecule has 0 aliphatic rings. The van der Waals surface area contributed by atoms with E-state index < -0.39 is 0 Å². The van der Waals surface area contributed by atoms with Gasteiger partial charge >= 0.3 is 0 Å². The number of hydrogen-bond acceptors (Lipinski definition) is 3. The second kappa shape index (κ2) is 9.59. The Bertz CT molecular complexity index is 689. The minimum Gasteiger partial charge on any atom is -0.496 e. The molecule has 2 rings (SSSR count). The summed E-state index contributed by atoms with van der Waals surface area (Å²) < 4.78 is 6.13. The van der Waals surface area contributed by atoms with Gasteiger partial charge in [-0.05, 0) is 59.7 Å². The van der Waals surface area contributed by atoms with E-state index in [1.165, 1.54) is 5.56 Å². The predicted octanol–water partition coefficient (Wildman–Crippen LogP) is 3.81. The number of rotatable bonds is 8. The van der Waals surface area contributed by atoms with Crippen LogP contribution in [0.5, 0.6) is 5.75 Å². The van der Waals surface area contributed by atoms with Crippen LogP contribution in [-0.4, -0.2) is 38.6 Å². The van der Waals surface area contributed by atoms with Crippen molar-refractivity contribution >= 4 is 21.8 Å². The highest BCUT2D eigenvalue weighted by molar-refractivity contribution is 9.10. The summed E-state index contributed by atoms with van der Waals surface area (Å²) >= 11 is 3.47. The normalized spacial score (nSPS) is 12.0. The fourth-order valence-electron chi connectivity index (χ4n) is 2.70. The lowest BCUT2D eigenvalue weighted by Crippen LogP contribution is -2.34. The summed E-state index contributed by atoms with van der Waals surface area (Å²) in [6.45, 7) is 0.599. The van der Waals surface area contributed by atoms with E-state index in [-0.39, 0.29) is 11.9 Å². The number of carbonyl (C=O) groups is 1. The lowest BCUT2D eigenvalue weighted by atomic mass is 10.1. The van der Waals surface area contributed by atoms with Gasteiger partial charge in [0.25, 0.3) is 0 Å². The maximum Gasteiger partial charge on any atom is 0.220 e. The molecule has 1 unspecified atom stereocenters. The van der Waals surface area contributed by atoms with Gasteiger partial charge in [-0.1, -0.05) is 36.4 Å². The number of amides is 1. The summed E-state index contributed by atoms with van der Waals surface area (Å²) in [6, 6.07) is 16.3. The zero-order chi connectivity index (χ0) is 18.2. The third-order valence-corrected chi connectivity index (χ3v) is 4.78. The van der Waals surface area contributed by atoms with Crippen LogP contribution in [-0.2, 0) is 11.2 Å². The molecule has 25 heavy (non-hydrogen) atoms. The molecule has 0 bridgehead atoms. The average Bonchev–Trinajstić information content (AvgIpc) is 2.61. The summed E-state index contributed by atoms with van der Waals surface area (Å²) in [5.41, 5.74) is 2.31. The van der Waals surface area contributed by atoms with E-state index in [0.717, 1.165) is 15.8 Å². The van der Waals surface area contributed by atoms with Gasteiger partial charge in [-0.15, -0.1) is 0 Å². The van der Waals surface area contributed by atoms with Gasteiger partial charge in [0.1, 0.15) is 5.75 Å². The summed E-state index contributed by atoms with van der Waals surface area (Å²) in [4.78, 5) is 14.3. The Morgan fingerprint density at radius 1 is 1.20 bits per heavy atom. The van der Waals surface area contributed by atoms with Crippen LogP contribution in [0.25, 0.3) is 0 Å². The van der Waals surface area contributed by atoms with Crippen LogP contribution >= 0.6 is 15.9 Å². The zero-order valence-electron chi connectivity index (χ0n) is 15.0. The fraction of sp³-hybridized carbons (Fsp3) is 0.350. The number of carbonyl (C=O) groups excluding carboxylic acids is 1. The first-order valence-electron chi connectivity index (χ1n) is 8.31. The van der Waals surface area contributed by atoms with E-state index >= 15 is 0 Å². The smallest absolute Gasteiger partial charge is 0.220 e.